The molecule has 20 heavy (non-hydrogen) atoms. The zero-order valence-electron chi connectivity index (χ0n) is 11.9. The van der Waals surface area contributed by atoms with E-state index in [-0.39, 0.29) is 5.96 Å². The molecule has 0 bridgehead atoms. The number of urea groups is 1. The Balaban J connectivity index is 2.88. The third-order valence-electron chi connectivity index (χ3n) is 2.49. The van der Waals surface area contributed by atoms with Gasteiger partial charge in [-0.2, -0.15) is 0 Å². The normalized spacial score (nSPS) is 9.60. The number of benzene rings is 1. The Bertz CT molecular complexity index is 532. The van der Waals surface area contributed by atoms with Crippen LogP contribution in [-0.2, 0) is 4.79 Å². The molecule has 0 aromatic heterocycles. The number of nitrogens with one attached hydrogen (secondary N) is 4. The number of hydrogen-bond donors (Lipinski definition) is 4. The van der Waals surface area contributed by atoms with Crippen LogP contribution in [0, 0.1) is 19.3 Å². The van der Waals surface area contributed by atoms with E-state index in [1.165, 1.54) is 14.0 Å². The lowest BCUT2D eigenvalue weighted by molar-refractivity contribution is -0.131. The molecule has 0 atom stereocenters. The minimum Gasteiger partial charge on any atom is -0.427 e. The number of hydrogen-bond acceptors (Lipinski definition) is 4. The maximum Gasteiger partial charge on any atom is 0.326 e. The highest BCUT2D eigenvalue weighted by Gasteiger charge is 2.11. The van der Waals surface area contributed by atoms with Crippen molar-refractivity contribution in [2.75, 3.05) is 12.4 Å². The Morgan fingerprint density at radius 3 is 2.20 bits per heavy atom. The molecule has 0 heterocycles. The second-order valence-electron chi connectivity index (χ2n) is 4.23. The molecule has 0 spiro atoms. The highest BCUT2D eigenvalue weighted by molar-refractivity contribution is 6.02. The molecular weight excluding hydrogens is 260 g/mol. The molecule has 0 saturated heterocycles. The van der Waals surface area contributed by atoms with E-state index in [0.29, 0.717) is 11.4 Å². The van der Waals surface area contributed by atoms with Gasteiger partial charge in [-0.05, 0) is 37.1 Å². The van der Waals surface area contributed by atoms with E-state index in [1.54, 1.807) is 26.0 Å². The molecule has 2 amide bonds. The first kappa shape index (κ1) is 15.5. The van der Waals surface area contributed by atoms with Gasteiger partial charge in [-0.25, -0.2) is 4.79 Å². The van der Waals surface area contributed by atoms with Crippen molar-refractivity contribution in [2.45, 2.75) is 20.8 Å². The second-order valence-corrected chi connectivity index (χ2v) is 4.23. The van der Waals surface area contributed by atoms with Crippen molar-refractivity contribution in [3.63, 3.8) is 0 Å². The molecule has 0 aliphatic carbocycles. The van der Waals surface area contributed by atoms with Crippen molar-refractivity contribution in [1.29, 1.82) is 5.41 Å². The van der Waals surface area contributed by atoms with Crippen LogP contribution >= 0.6 is 0 Å². The third-order valence-corrected chi connectivity index (χ3v) is 2.49. The summed E-state index contributed by atoms with van der Waals surface area (Å²) < 4.78 is 5.01. The van der Waals surface area contributed by atoms with Gasteiger partial charge in [-0.1, -0.05) is 0 Å². The fourth-order valence-electron chi connectivity index (χ4n) is 1.67. The van der Waals surface area contributed by atoms with Crippen LogP contribution in [0.5, 0.6) is 5.75 Å². The smallest absolute Gasteiger partial charge is 0.326 e. The highest BCUT2D eigenvalue weighted by atomic mass is 16.5. The molecule has 1 aromatic carbocycles. The molecular formula is C13H18N4O3. The molecule has 0 saturated carbocycles. The first-order valence-electron chi connectivity index (χ1n) is 5.97. The SMILES string of the molecule is CNC(=N)NC(=O)Nc1c(C)cc(OC(C)=O)cc1C. The van der Waals surface area contributed by atoms with Crippen molar-refractivity contribution in [3.8, 4) is 5.75 Å². The predicted molar refractivity (Wildman–Crippen MR) is 76.2 cm³/mol. The van der Waals surface area contributed by atoms with Crippen molar-refractivity contribution >= 4 is 23.6 Å². The standard InChI is InChI=1S/C13H18N4O3/c1-7-5-10(20-9(3)18)6-8(2)11(7)16-13(19)17-12(14)15-4/h5-6H,1-4H3,(H4,14,15,16,17,19). The molecule has 0 radical (unpaired) electrons. The summed E-state index contributed by atoms with van der Waals surface area (Å²) in [6.45, 7) is 4.91. The molecule has 0 unspecified atom stereocenters. The van der Waals surface area contributed by atoms with Crippen molar-refractivity contribution in [3.05, 3.63) is 23.3 Å². The average molecular weight is 278 g/mol. The van der Waals surface area contributed by atoms with Gasteiger partial charge in [0.25, 0.3) is 0 Å². The highest BCUT2D eigenvalue weighted by Crippen LogP contribution is 2.26. The zero-order valence-corrected chi connectivity index (χ0v) is 11.9. The first-order chi connectivity index (χ1) is 9.33. The van der Waals surface area contributed by atoms with Gasteiger partial charge in [0.1, 0.15) is 5.75 Å². The summed E-state index contributed by atoms with van der Waals surface area (Å²) in [5, 5.41) is 14.8. The molecule has 0 aliphatic rings. The summed E-state index contributed by atoms with van der Waals surface area (Å²) in [7, 11) is 1.53. The number of rotatable bonds is 2. The summed E-state index contributed by atoms with van der Waals surface area (Å²) in [4.78, 5) is 22.6. The van der Waals surface area contributed by atoms with E-state index in [1.807, 2.05) is 0 Å². The number of guanidine groups is 1. The van der Waals surface area contributed by atoms with E-state index in [0.717, 1.165) is 11.1 Å². The van der Waals surface area contributed by atoms with Gasteiger partial charge in [0.15, 0.2) is 5.96 Å². The van der Waals surface area contributed by atoms with Crippen molar-refractivity contribution in [2.24, 2.45) is 0 Å². The number of amides is 2. The van der Waals surface area contributed by atoms with Crippen LogP contribution in [0.15, 0.2) is 12.1 Å². The van der Waals surface area contributed by atoms with Gasteiger partial charge in [0, 0.05) is 19.7 Å². The van der Waals surface area contributed by atoms with Crippen LogP contribution in [0.3, 0.4) is 0 Å². The summed E-state index contributed by atoms with van der Waals surface area (Å²) in [5.74, 6) is -0.0690. The third kappa shape index (κ3) is 4.27. The summed E-state index contributed by atoms with van der Waals surface area (Å²) in [5.41, 5.74) is 2.13. The molecule has 4 N–H and O–H groups in total. The predicted octanol–water partition coefficient (Wildman–Crippen LogP) is 1.50. The summed E-state index contributed by atoms with van der Waals surface area (Å²) >= 11 is 0. The van der Waals surface area contributed by atoms with Crippen LogP contribution in [0.25, 0.3) is 0 Å². The lowest BCUT2D eigenvalue weighted by Gasteiger charge is -2.14. The first-order valence-corrected chi connectivity index (χ1v) is 5.97. The van der Waals surface area contributed by atoms with Crippen LogP contribution < -0.4 is 20.7 Å². The Labute approximate surface area is 117 Å². The second kappa shape index (κ2) is 6.55. The molecule has 1 aromatic rings. The number of carbonyl (C=O) groups excluding carboxylic acids is 2. The van der Waals surface area contributed by atoms with E-state index in [9.17, 15) is 9.59 Å². The van der Waals surface area contributed by atoms with Gasteiger partial charge in [-0.15, -0.1) is 0 Å². The Kier molecular flexibility index (Phi) is 5.08. The van der Waals surface area contributed by atoms with E-state index in [4.69, 9.17) is 10.1 Å². The minimum absolute atomic E-state index is 0.102. The van der Waals surface area contributed by atoms with Crippen molar-refractivity contribution < 1.29 is 14.3 Å². The Morgan fingerprint density at radius 2 is 1.75 bits per heavy atom. The minimum atomic E-state index is -0.518. The lowest BCUT2D eigenvalue weighted by Crippen LogP contribution is -2.40. The van der Waals surface area contributed by atoms with Gasteiger partial charge in [0.05, 0.1) is 0 Å². The largest absolute Gasteiger partial charge is 0.427 e. The van der Waals surface area contributed by atoms with Gasteiger partial charge in [-0.3, -0.25) is 15.5 Å². The average Bonchev–Trinajstić information content (AvgIpc) is 2.32. The fraction of sp³-hybridized carbons (Fsp3) is 0.308. The van der Waals surface area contributed by atoms with E-state index < -0.39 is 12.0 Å². The Hall–Kier alpha value is -2.57. The van der Waals surface area contributed by atoms with E-state index >= 15 is 0 Å². The maximum atomic E-state index is 11.7. The Morgan fingerprint density at radius 1 is 1.20 bits per heavy atom. The van der Waals surface area contributed by atoms with Gasteiger partial charge >= 0.3 is 12.0 Å². The zero-order chi connectivity index (χ0) is 15.3. The number of aryl methyl sites for hydroxylation is 2. The van der Waals surface area contributed by atoms with Crippen LogP contribution in [0.4, 0.5) is 10.5 Å². The lowest BCUT2D eigenvalue weighted by atomic mass is 10.1. The summed E-state index contributed by atoms with van der Waals surface area (Å²) in [6, 6.07) is 2.80. The number of carbonyl (C=O) groups is 2. The number of ether oxygens (including phenoxy) is 1. The fourth-order valence-corrected chi connectivity index (χ4v) is 1.67. The maximum absolute atomic E-state index is 11.7. The monoisotopic (exact) mass is 278 g/mol. The molecule has 1 rings (SSSR count). The molecule has 0 aliphatic heterocycles. The molecule has 7 nitrogen and oxygen atoms in total. The quantitative estimate of drug-likeness (QED) is 0.285. The molecule has 0 fully saturated rings. The van der Waals surface area contributed by atoms with Crippen LogP contribution in [0.2, 0.25) is 0 Å². The van der Waals surface area contributed by atoms with Crippen LogP contribution in [0.1, 0.15) is 18.1 Å². The van der Waals surface area contributed by atoms with Gasteiger partial charge in [0.2, 0.25) is 0 Å². The van der Waals surface area contributed by atoms with E-state index in [2.05, 4.69) is 16.0 Å². The topological polar surface area (TPSA) is 103 Å². The molecule has 7 heteroatoms. The van der Waals surface area contributed by atoms with Crippen LogP contribution in [-0.4, -0.2) is 25.0 Å². The molecule has 108 valence electrons. The van der Waals surface area contributed by atoms with Gasteiger partial charge < -0.3 is 15.4 Å². The number of esters is 1. The number of anilines is 1. The van der Waals surface area contributed by atoms with Crippen molar-refractivity contribution in [1.82, 2.24) is 10.6 Å². The summed E-state index contributed by atoms with van der Waals surface area (Å²) in [6.07, 6.45) is 0.